The highest BCUT2D eigenvalue weighted by Crippen LogP contribution is 2.15. The lowest BCUT2D eigenvalue weighted by Gasteiger charge is -2.18. The molecule has 0 aliphatic rings. The van der Waals surface area contributed by atoms with E-state index in [1.807, 2.05) is 23.7 Å². The molecule has 4 nitrogen and oxygen atoms in total. The summed E-state index contributed by atoms with van der Waals surface area (Å²) in [5.41, 5.74) is 0.120. The van der Waals surface area contributed by atoms with E-state index in [2.05, 4.69) is 24.1 Å². The van der Waals surface area contributed by atoms with Gasteiger partial charge in [-0.25, -0.2) is 0 Å². The fourth-order valence-corrected chi connectivity index (χ4v) is 3.06. The van der Waals surface area contributed by atoms with Gasteiger partial charge in [0.2, 0.25) is 0 Å². The second kappa shape index (κ2) is 7.57. The van der Waals surface area contributed by atoms with Crippen molar-refractivity contribution in [1.29, 1.82) is 0 Å². The zero-order chi connectivity index (χ0) is 14.4. The molecule has 2 aromatic rings. The standard InChI is InChI=1S/C15H23N3OS/c1-3-17(4-2)10-7-16-8-11-18-9-5-14-13(15(18)19)6-12-20-14/h5-6,9,12,16H,3-4,7-8,10-11H2,1-2H3. The van der Waals surface area contributed by atoms with Gasteiger partial charge in [-0.15, -0.1) is 11.3 Å². The van der Waals surface area contributed by atoms with Crippen molar-refractivity contribution < 1.29 is 0 Å². The van der Waals surface area contributed by atoms with Crippen LogP contribution in [0.4, 0.5) is 0 Å². The SMILES string of the molecule is CCN(CC)CCNCCn1ccc2sccc2c1=O. The fourth-order valence-electron chi connectivity index (χ4n) is 2.28. The Morgan fingerprint density at radius 3 is 2.80 bits per heavy atom. The Morgan fingerprint density at radius 2 is 2.05 bits per heavy atom. The highest BCUT2D eigenvalue weighted by molar-refractivity contribution is 7.17. The first-order valence-corrected chi connectivity index (χ1v) is 8.14. The van der Waals surface area contributed by atoms with Crippen LogP contribution < -0.4 is 10.9 Å². The molecule has 0 aliphatic heterocycles. The third-order valence-corrected chi connectivity index (χ3v) is 4.50. The molecule has 0 fully saturated rings. The number of thiophene rings is 1. The number of nitrogens with one attached hydrogen (secondary N) is 1. The molecular formula is C15H23N3OS. The smallest absolute Gasteiger partial charge is 0.259 e. The maximum atomic E-state index is 12.2. The van der Waals surface area contributed by atoms with Crippen molar-refractivity contribution in [1.82, 2.24) is 14.8 Å². The largest absolute Gasteiger partial charge is 0.314 e. The van der Waals surface area contributed by atoms with Crippen LogP contribution >= 0.6 is 11.3 Å². The van der Waals surface area contributed by atoms with Crippen LogP contribution in [0.25, 0.3) is 10.1 Å². The number of nitrogens with zero attached hydrogens (tertiary/aromatic N) is 2. The lowest BCUT2D eigenvalue weighted by atomic mass is 10.3. The minimum atomic E-state index is 0.120. The molecule has 0 spiro atoms. The summed E-state index contributed by atoms with van der Waals surface area (Å²) in [7, 11) is 0. The zero-order valence-electron chi connectivity index (χ0n) is 12.3. The van der Waals surface area contributed by atoms with Gasteiger partial charge in [-0.2, -0.15) is 0 Å². The first kappa shape index (κ1) is 15.2. The van der Waals surface area contributed by atoms with Crippen LogP contribution in [0, 0.1) is 0 Å². The maximum Gasteiger partial charge on any atom is 0.259 e. The summed E-state index contributed by atoms with van der Waals surface area (Å²) in [6.07, 6.45) is 1.90. The van der Waals surface area contributed by atoms with E-state index in [-0.39, 0.29) is 5.56 Å². The summed E-state index contributed by atoms with van der Waals surface area (Å²) in [6, 6.07) is 3.93. The normalized spacial score (nSPS) is 11.6. The van der Waals surface area contributed by atoms with Crippen LogP contribution in [0.1, 0.15) is 13.8 Å². The summed E-state index contributed by atoms with van der Waals surface area (Å²) in [6.45, 7) is 10.1. The van der Waals surface area contributed by atoms with Crippen LogP contribution in [-0.2, 0) is 6.54 Å². The highest BCUT2D eigenvalue weighted by atomic mass is 32.1. The number of likely N-dealkylation sites (N-methyl/N-ethyl adjacent to an activating group) is 1. The second-order valence-corrected chi connectivity index (χ2v) is 5.74. The Labute approximate surface area is 124 Å². The van der Waals surface area contributed by atoms with E-state index in [0.717, 1.165) is 49.4 Å². The summed E-state index contributed by atoms with van der Waals surface area (Å²) in [4.78, 5) is 14.6. The molecule has 0 aromatic carbocycles. The number of hydrogen-bond acceptors (Lipinski definition) is 4. The molecular weight excluding hydrogens is 270 g/mol. The van der Waals surface area contributed by atoms with Crippen molar-refractivity contribution in [2.45, 2.75) is 20.4 Å². The Bertz CT molecular complexity index is 586. The van der Waals surface area contributed by atoms with Gasteiger partial charge in [-0.1, -0.05) is 13.8 Å². The number of pyridine rings is 1. The van der Waals surface area contributed by atoms with E-state index >= 15 is 0 Å². The zero-order valence-corrected chi connectivity index (χ0v) is 13.1. The van der Waals surface area contributed by atoms with Crippen LogP contribution in [0.5, 0.6) is 0 Å². The molecule has 0 atom stereocenters. The topological polar surface area (TPSA) is 37.3 Å². The average Bonchev–Trinajstić information content (AvgIpc) is 2.94. The number of rotatable bonds is 8. The number of hydrogen-bond donors (Lipinski definition) is 1. The van der Waals surface area contributed by atoms with Gasteiger partial charge in [-0.05, 0) is 30.6 Å². The summed E-state index contributed by atoms with van der Waals surface area (Å²) >= 11 is 1.62. The van der Waals surface area contributed by atoms with Gasteiger partial charge in [0.1, 0.15) is 0 Å². The molecule has 0 amide bonds. The van der Waals surface area contributed by atoms with Crippen LogP contribution in [0.3, 0.4) is 0 Å². The van der Waals surface area contributed by atoms with Crippen molar-refractivity contribution in [2.24, 2.45) is 0 Å². The van der Waals surface area contributed by atoms with Gasteiger partial charge >= 0.3 is 0 Å². The Kier molecular flexibility index (Phi) is 5.76. The Balaban J connectivity index is 1.81. The van der Waals surface area contributed by atoms with Gasteiger partial charge < -0.3 is 14.8 Å². The summed E-state index contributed by atoms with van der Waals surface area (Å²) in [5.74, 6) is 0. The van der Waals surface area contributed by atoms with Crippen molar-refractivity contribution in [3.05, 3.63) is 34.1 Å². The fraction of sp³-hybridized carbons (Fsp3) is 0.533. The van der Waals surface area contributed by atoms with Gasteiger partial charge in [0, 0.05) is 37.1 Å². The monoisotopic (exact) mass is 293 g/mol. The van der Waals surface area contributed by atoms with Gasteiger partial charge in [-0.3, -0.25) is 4.79 Å². The molecule has 0 unspecified atom stereocenters. The minimum absolute atomic E-state index is 0.120. The second-order valence-electron chi connectivity index (χ2n) is 4.79. The molecule has 0 saturated heterocycles. The molecule has 2 aromatic heterocycles. The molecule has 20 heavy (non-hydrogen) atoms. The Morgan fingerprint density at radius 1 is 1.25 bits per heavy atom. The van der Waals surface area contributed by atoms with E-state index < -0.39 is 0 Å². The van der Waals surface area contributed by atoms with Crippen molar-refractivity contribution in [3.63, 3.8) is 0 Å². The molecule has 2 rings (SSSR count). The van der Waals surface area contributed by atoms with Crippen LogP contribution in [0.2, 0.25) is 0 Å². The number of aromatic nitrogens is 1. The average molecular weight is 293 g/mol. The molecule has 0 saturated carbocycles. The molecule has 110 valence electrons. The predicted molar refractivity (Wildman–Crippen MR) is 86.7 cm³/mol. The van der Waals surface area contributed by atoms with Gasteiger partial charge in [0.25, 0.3) is 5.56 Å². The van der Waals surface area contributed by atoms with E-state index in [4.69, 9.17) is 0 Å². The minimum Gasteiger partial charge on any atom is -0.314 e. The van der Waals surface area contributed by atoms with E-state index in [1.54, 1.807) is 15.9 Å². The molecule has 2 heterocycles. The molecule has 0 aliphatic carbocycles. The number of fused-ring (bicyclic) bond motifs is 1. The van der Waals surface area contributed by atoms with Crippen molar-refractivity contribution in [2.75, 3.05) is 32.7 Å². The predicted octanol–water partition coefficient (Wildman–Crippen LogP) is 1.99. The van der Waals surface area contributed by atoms with Crippen molar-refractivity contribution in [3.8, 4) is 0 Å². The van der Waals surface area contributed by atoms with Gasteiger partial charge in [0.05, 0.1) is 5.39 Å². The maximum absolute atomic E-state index is 12.2. The third kappa shape index (κ3) is 3.69. The molecule has 5 heteroatoms. The van der Waals surface area contributed by atoms with Crippen molar-refractivity contribution >= 4 is 21.4 Å². The van der Waals surface area contributed by atoms with E-state index in [1.165, 1.54) is 0 Å². The summed E-state index contributed by atoms with van der Waals surface area (Å²) in [5, 5.41) is 6.21. The lowest BCUT2D eigenvalue weighted by molar-refractivity contribution is 0.302. The van der Waals surface area contributed by atoms with Crippen LogP contribution in [-0.4, -0.2) is 42.2 Å². The lowest BCUT2D eigenvalue weighted by Crippen LogP contribution is -2.34. The first-order chi connectivity index (χ1) is 9.76. The summed E-state index contributed by atoms with van der Waals surface area (Å²) < 4.78 is 2.86. The van der Waals surface area contributed by atoms with Crippen LogP contribution in [0.15, 0.2) is 28.5 Å². The highest BCUT2D eigenvalue weighted by Gasteiger charge is 2.03. The van der Waals surface area contributed by atoms with E-state index in [9.17, 15) is 4.79 Å². The molecule has 0 bridgehead atoms. The first-order valence-electron chi connectivity index (χ1n) is 7.26. The van der Waals surface area contributed by atoms with Gasteiger partial charge in [0.15, 0.2) is 0 Å². The van der Waals surface area contributed by atoms with E-state index in [0.29, 0.717) is 0 Å². The Hall–Kier alpha value is -1.17. The molecule has 0 radical (unpaired) electrons. The third-order valence-electron chi connectivity index (χ3n) is 3.62. The quantitative estimate of drug-likeness (QED) is 0.756. The molecule has 1 N–H and O–H groups in total.